The number of hydrogen-bond acceptors (Lipinski definition) is 4. The van der Waals surface area contributed by atoms with Crippen LogP contribution in [0, 0.1) is 11.3 Å². The highest BCUT2D eigenvalue weighted by Gasteiger charge is 2.10. The van der Waals surface area contributed by atoms with Crippen molar-refractivity contribution in [1.29, 1.82) is 5.26 Å². The van der Waals surface area contributed by atoms with Crippen LogP contribution < -0.4 is 9.64 Å². The number of carbonyl (C=O) groups is 1. The molecule has 0 aromatic heterocycles. The number of methoxy groups -OCH3 is 1. The van der Waals surface area contributed by atoms with Crippen molar-refractivity contribution in [3.63, 3.8) is 0 Å². The fourth-order valence-electron chi connectivity index (χ4n) is 1.76. The molecule has 1 rings (SSSR count). The molecule has 0 unspecified atom stereocenters. The van der Waals surface area contributed by atoms with E-state index in [2.05, 4.69) is 0 Å². The Labute approximate surface area is 120 Å². The summed E-state index contributed by atoms with van der Waals surface area (Å²) in [7, 11) is 5.31. The van der Waals surface area contributed by atoms with Crippen LogP contribution >= 0.6 is 0 Å². The monoisotopic (exact) mass is 275 g/mol. The van der Waals surface area contributed by atoms with Gasteiger partial charge in [0.1, 0.15) is 5.75 Å². The summed E-state index contributed by atoms with van der Waals surface area (Å²) in [6.45, 7) is 1.13. The SMILES string of the molecule is COc1ccc(N(C)CCC(=O)N(C)CCC#N)cc1. The quantitative estimate of drug-likeness (QED) is 0.762. The third-order valence-electron chi connectivity index (χ3n) is 3.16. The van der Waals surface area contributed by atoms with Crippen molar-refractivity contribution in [1.82, 2.24) is 4.90 Å². The van der Waals surface area contributed by atoms with Crippen molar-refractivity contribution in [2.45, 2.75) is 12.8 Å². The standard InChI is InChI=1S/C15H21N3O2/c1-17(13-5-7-14(20-3)8-6-13)12-9-15(19)18(2)11-4-10-16/h5-8H,4,9,11-12H2,1-3H3. The lowest BCUT2D eigenvalue weighted by molar-refractivity contribution is -0.129. The van der Waals surface area contributed by atoms with Crippen molar-refractivity contribution in [2.24, 2.45) is 0 Å². The van der Waals surface area contributed by atoms with Gasteiger partial charge in [0, 0.05) is 39.3 Å². The summed E-state index contributed by atoms with van der Waals surface area (Å²) in [6.07, 6.45) is 0.807. The highest BCUT2D eigenvalue weighted by molar-refractivity contribution is 5.76. The van der Waals surface area contributed by atoms with Crippen LogP contribution in [0.1, 0.15) is 12.8 Å². The largest absolute Gasteiger partial charge is 0.497 e. The first-order valence-corrected chi connectivity index (χ1v) is 6.54. The minimum absolute atomic E-state index is 0.0561. The molecule has 0 bridgehead atoms. The van der Waals surface area contributed by atoms with Gasteiger partial charge in [0.05, 0.1) is 19.6 Å². The van der Waals surface area contributed by atoms with Crippen molar-refractivity contribution >= 4 is 11.6 Å². The van der Waals surface area contributed by atoms with Crippen molar-refractivity contribution in [3.05, 3.63) is 24.3 Å². The molecule has 5 heteroatoms. The first kappa shape index (κ1) is 15.8. The maximum absolute atomic E-state index is 11.9. The molecule has 0 aliphatic carbocycles. The van der Waals surface area contributed by atoms with Gasteiger partial charge in [-0.15, -0.1) is 0 Å². The Bertz CT molecular complexity index is 465. The fraction of sp³-hybridized carbons (Fsp3) is 0.467. The van der Waals surface area contributed by atoms with Crippen molar-refractivity contribution in [2.75, 3.05) is 39.2 Å². The fourth-order valence-corrected chi connectivity index (χ4v) is 1.76. The molecule has 0 saturated carbocycles. The first-order chi connectivity index (χ1) is 9.58. The maximum Gasteiger partial charge on any atom is 0.224 e. The number of carbonyl (C=O) groups excluding carboxylic acids is 1. The summed E-state index contributed by atoms with van der Waals surface area (Å²) in [5, 5.41) is 8.50. The van der Waals surface area contributed by atoms with Crippen molar-refractivity contribution < 1.29 is 9.53 Å². The number of amides is 1. The zero-order valence-electron chi connectivity index (χ0n) is 12.3. The Kier molecular flexibility index (Phi) is 6.38. The van der Waals surface area contributed by atoms with E-state index < -0.39 is 0 Å². The predicted molar refractivity (Wildman–Crippen MR) is 78.7 cm³/mol. The Balaban J connectivity index is 2.44. The van der Waals surface area contributed by atoms with Gasteiger partial charge in [-0.3, -0.25) is 4.79 Å². The summed E-state index contributed by atoms with van der Waals surface area (Å²) < 4.78 is 5.11. The summed E-state index contributed by atoms with van der Waals surface area (Å²) >= 11 is 0. The lowest BCUT2D eigenvalue weighted by Crippen LogP contribution is -2.31. The van der Waals surface area contributed by atoms with Gasteiger partial charge >= 0.3 is 0 Å². The van der Waals surface area contributed by atoms with E-state index in [1.807, 2.05) is 42.3 Å². The van der Waals surface area contributed by atoms with Gasteiger partial charge in [-0.1, -0.05) is 0 Å². The highest BCUT2D eigenvalue weighted by atomic mass is 16.5. The number of hydrogen-bond donors (Lipinski definition) is 0. The molecule has 1 amide bonds. The Hall–Kier alpha value is -2.22. The number of anilines is 1. The molecule has 0 aliphatic heterocycles. The van der Waals surface area contributed by atoms with E-state index in [4.69, 9.17) is 10.00 Å². The number of rotatable bonds is 7. The zero-order valence-corrected chi connectivity index (χ0v) is 12.3. The van der Waals surface area contributed by atoms with Crippen LogP contribution in [0.5, 0.6) is 5.75 Å². The average Bonchev–Trinajstić information content (AvgIpc) is 2.49. The average molecular weight is 275 g/mol. The predicted octanol–water partition coefficient (Wildman–Crippen LogP) is 1.89. The summed E-state index contributed by atoms with van der Waals surface area (Å²) in [5.74, 6) is 0.870. The van der Waals surface area contributed by atoms with Crippen LogP contribution in [0.25, 0.3) is 0 Å². The van der Waals surface area contributed by atoms with E-state index in [0.29, 0.717) is 25.9 Å². The van der Waals surface area contributed by atoms with E-state index in [1.165, 1.54) is 0 Å². The normalized spacial score (nSPS) is 9.70. The molecular weight excluding hydrogens is 254 g/mol. The molecule has 5 nitrogen and oxygen atoms in total. The lowest BCUT2D eigenvalue weighted by Gasteiger charge is -2.21. The second-order valence-electron chi connectivity index (χ2n) is 4.59. The molecule has 0 atom stereocenters. The molecule has 0 heterocycles. The van der Waals surface area contributed by atoms with Crippen molar-refractivity contribution in [3.8, 4) is 11.8 Å². The van der Waals surface area contributed by atoms with Crippen LogP contribution in [-0.4, -0.2) is 45.1 Å². The Morgan fingerprint density at radius 1 is 1.25 bits per heavy atom. The minimum Gasteiger partial charge on any atom is -0.497 e. The third kappa shape index (κ3) is 4.81. The van der Waals surface area contributed by atoms with Crippen LogP contribution in [-0.2, 0) is 4.79 Å². The number of ether oxygens (including phenoxy) is 1. The topological polar surface area (TPSA) is 56.6 Å². The van der Waals surface area contributed by atoms with Gasteiger partial charge in [-0.05, 0) is 24.3 Å². The first-order valence-electron chi connectivity index (χ1n) is 6.54. The van der Waals surface area contributed by atoms with Crippen LogP contribution in [0.3, 0.4) is 0 Å². The third-order valence-corrected chi connectivity index (χ3v) is 3.16. The summed E-state index contributed by atoms with van der Waals surface area (Å²) in [5.41, 5.74) is 1.04. The zero-order chi connectivity index (χ0) is 15.0. The molecule has 0 fully saturated rings. The van der Waals surface area contributed by atoms with E-state index >= 15 is 0 Å². The molecule has 108 valence electrons. The van der Waals surface area contributed by atoms with E-state index in [-0.39, 0.29) is 5.91 Å². The van der Waals surface area contributed by atoms with E-state index in [1.54, 1.807) is 19.1 Å². The van der Waals surface area contributed by atoms with Gasteiger partial charge in [-0.25, -0.2) is 0 Å². The summed E-state index contributed by atoms with van der Waals surface area (Å²) in [6, 6.07) is 9.75. The molecule has 0 aliphatic rings. The van der Waals surface area contributed by atoms with Gasteiger partial charge in [0.2, 0.25) is 5.91 Å². The van der Waals surface area contributed by atoms with Gasteiger partial charge in [0.15, 0.2) is 0 Å². The molecular formula is C15H21N3O2. The second-order valence-corrected chi connectivity index (χ2v) is 4.59. The Morgan fingerprint density at radius 3 is 2.45 bits per heavy atom. The number of benzene rings is 1. The molecule has 0 N–H and O–H groups in total. The molecule has 0 saturated heterocycles. The minimum atomic E-state index is 0.0561. The lowest BCUT2D eigenvalue weighted by atomic mass is 10.2. The molecule has 1 aromatic carbocycles. The maximum atomic E-state index is 11.9. The highest BCUT2D eigenvalue weighted by Crippen LogP contribution is 2.18. The summed E-state index contributed by atoms with van der Waals surface area (Å²) in [4.78, 5) is 15.5. The molecule has 0 spiro atoms. The molecule has 20 heavy (non-hydrogen) atoms. The van der Waals surface area contributed by atoms with E-state index in [9.17, 15) is 4.79 Å². The van der Waals surface area contributed by atoms with Crippen LogP contribution in [0.15, 0.2) is 24.3 Å². The van der Waals surface area contributed by atoms with Gasteiger partial charge in [-0.2, -0.15) is 5.26 Å². The Morgan fingerprint density at radius 2 is 1.90 bits per heavy atom. The molecule has 1 aromatic rings. The van der Waals surface area contributed by atoms with Gasteiger partial charge in [0.25, 0.3) is 0 Å². The second kappa shape index (κ2) is 8.05. The number of nitrogens with zero attached hydrogens (tertiary/aromatic N) is 3. The van der Waals surface area contributed by atoms with Crippen LogP contribution in [0.4, 0.5) is 5.69 Å². The van der Waals surface area contributed by atoms with Crippen LogP contribution in [0.2, 0.25) is 0 Å². The smallest absolute Gasteiger partial charge is 0.224 e. The van der Waals surface area contributed by atoms with Gasteiger partial charge < -0.3 is 14.5 Å². The number of nitriles is 1. The van der Waals surface area contributed by atoms with E-state index in [0.717, 1.165) is 11.4 Å². The molecule has 0 radical (unpaired) electrons.